The fraction of sp³-hybridized carbons (Fsp3) is 0.776. The molecule has 0 aromatic carbocycles. The fourth-order valence-corrected chi connectivity index (χ4v) is 11.3. The highest BCUT2D eigenvalue weighted by Crippen LogP contribution is 2.38. The largest absolute Gasteiger partial charge is 0.460 e. The van der Waals surface area contributed by atoms with Crippen molar-refractivity contribution in [3.63, 3.8) is 0 Å². The summed E-state index contributed by atoms with van der Waals surface area (Å²) in [6.07, 6.45) is 11.7. The number of piperidine rings is 1. The highest BCUT2D eigenvalue weighted by atomic mass is 16.6. The van der Waals surface area contributed by atoms with Gasteiger partial charge < -0.3 is 57.7 Å². The van der Waals surface area contributed by atoms with Gasteiger partial charge in [0.1, 0.15) is 36.2 Å². The van der Waals surface area contributed by atoms with Crippen molar-refractivity contribution in [2.75, 3.05) is 67.5 Å². The van der Waals surface area contributed by atoms with Gasteiger partial charge in [-0.25, -0.2) is 4.79 Å². The van der Waals surface area contributed by atoms with E-state index in [0.29, 0.717) is 83.6 Å². The molecule has 75 heavy (non-hydrogen) atoms. The van der Waals surface area contributed by atoms with E-state index >= 15 is 0 Å². The molecule has 16 atom stereocenters. The van der Waals surface area contributed by atoms with Crippen LogP contribution in [0.5, 0.6) is 0 Å². The minimum Gasteiger partial charge on any atom is -0.460 e. The van der Waals surface area contributed by atoms with Gasteiger partial charge in [0, 0.05) is 58.5 Å². The van der Waals surface area contributed by atoms with Crippen LogP contribution in [0.15, 0.2) is 47.6 Å². The molecule has 4 aliphatic heterocycles. The lowest BCUT2D eigenvalue weighted by Gasteiger charge is -2.43. The molecule has 0 radical (unpaired) electrons. The van der Waals surface area contributed by atoms with E-state index in [9.17, 15) is 34.2 Å². The van der Waals surface area contributed by atoms with Crippen LogP contribution in [0.1, 0.15) is 126 Å². The van der Waals surface area contributed by atoms with Gasteiger partial charge >= 0.3 is 5.97 Å². The van der Waals surface area contributed by atoms with Gasteiger partial charge in [0.25, 0.3) is 11.7 Å². The van der Waals surface area contributed by atoms with E-state index in [-0.39, 0.29) is 80.0 Å². The molecule has 424 valence electrons. The molecule has 0 spiro atoms. The predicted octanol–water partition coefficient (Wildman–Crippen LogP) is 6.64. The van der Waals surface area contributed by atoms with Gasteiger partial charge in [0.2, 0.25) is 5.79 Å². The van der Waals surface area contributed by atoms with Crippen molar-refractivity contribution in [2.45, 2.75) is 186 Å². The third kappa shape index (κ3) is 17.8. The number of amides is 1. The van der Waals surface area contributed by atoms with Crippen molar-refractivity contribution in [3.8, 4) is 0 Å². The van der Waals surface area contributed by atoms with Crippen molar-refractivity contribution in [2.24, 2.45) is 35.5 Å². The molecule has 4 heterocycles. The Bertz CT molecular complexity index is 1980. The Morgan fingerprint density at radius 3 is 2.32 bits per heavy atom. The number of esters is 1. The Kier molecular flexibility index (Phi) is 25.4. The van der Waals surface area contributed by atoms with Crippen LogP contribution < -0.4 is 0 Å². The first-order valence-electron chi connectivity index (χ1n) is 27.7. The standard InChI is InChI=1S/C58H91NO16/c1-36-16-12-11-13-17-37(2)49(73-35-45-34-70-25-27-71-45)32-44-21-19-42(7)58(66,75-44)55(63)56(64)59-23-15-14-18-46(59)57(65)74-50(39(4)30-43-20-22-48(51(31-43)68-9)72-26-24-67-8)33-47(60)38(3)29-41(6)53(62)54(69-10)52(61)40(5)28-36/h11-13,16-17,29,36,38-40,42-46,48-51,53-54,62,66H,14-15,18-28,30-35H2,1-10H3/b13-11+,16-12+,37-17+,41-29+/t36-,38-,39-,40-,42-,43+,44+,45+,46+,48-,49?,50+,51-,53-,54+,58-/m1/s1. The summed E-state index contributed by atoms with van der Waals surface area (Å²) in [5, 5.41) is 23.8. The second-order valence-corrected chi connectivity index (χ2v) is 22.1. The number of fused-ring (bicyclic) bond motifs is 3. The zero-order valence-corrected chi connectivity index (χ0v) is 46.6. The molecule has 0 aromatic rings. The first kappa shape index (κ1) is 62.4. The predicted molar refractivity (Wildman–Crippen MR) is 280 cm³/mol. The molecule has 1 amide bonds. The second-order valence-electron chi connectivity index (χ2n) is 22.1. The normalized spacial score (nSPS) is 38.8. The molecule has 2 N–H and O–H groups in total. The van der Waals surface area contributed by atoms with Gasteiger partial charge in [-0.1, -0.05) is 71.1 Å². The summed E-state index contributed by atoms with van der Waals surface area (Å²) in [5.74, 6) is -8.06. The summed E-state index contributed by atoms with van der Waals surface area (Å²) < 4.78 is 53.4. The maximum absolute atomic E-state index is 14.6. The topological polar surface area (TPSA) is 212 Å². The van der Waals surface area contributed by atoms with Gasteiger partial charge in [-0.2, -0.15) is 0 Å². The van der Waals surface area contributed by atoms with Crippen molar-refractivity contribution in [3.05, 3.63) is 47.6 Å². The number of nitrogens with zero attached hydrogens (tertiary/aromatic N) is 1. The van der Waals surface area contributed by atoms with E-state index < -0.39 is 77.8 Å². The number of ketones is 3. The van der Waals surface area contributed by atoms with Gasteiger partial charge in [0.05, 0.1) is 64.1 Å². The molecule has 4 fully saturated rings. The average Bonchev–Trinajstić information content (AvgIpc) is 3.40. The summed E-state index contributed by atoms with van der Waals surface area (Å²) in [6.45, 7) is 15.3. The maximum atomic E-state index is 14.6. The molecule has 5 rings (SSSR count). The average molecular weight is 1060 g/mol. The second kappa shape index (κ2) is 30.6. The number of Topliss-reactive ketones (excluding diaryl/α,β-unsaturated/α-hetero) is 3. The molecule has 17 heteroatoms. The Hall–Kier alpha value is -3.49. The van der Waals surface area contributed by atoms with Crippen LogP contribution >= 0.6 is 0 Å². The van der Waals surface area contributed by atoms with Gasteiger partial charge in [-0.05, 0) is 107 Å². The van der Waals surface area contributed by atoms with Crippen LogP contribution in [-0.2, 0) is 66.6 Å². The molecule has 5 aliphatic rings. The lowest BCUT2D eigenvalue weighted by molar-refractivity contribution is -0.266. The van der Waals surface area contributed by atoms with Crippen LogP contribution in [-0.4, -0.2) is 173 Å². The molecule has 1 aliphatic carbocycles. The van der Waals surface area contributed by atoms with Gasteiger partial charge in [-0.3, -0.25) is 19.2 Å². The number of allylic oxidation sites excluding steroid dienone is 6. The van der Waals surface area contributed by atoms with Crippen molar-refractivity contribution in [1.82, 2.24) is 4.90 Å². The van der Waals surface area contributed by atoms with Gasteiger partial charge in [-0.15, -0.1) is 0 Å². The van der Waals surface area contributed by atoms with Crippen LogP contribution in [0.3, 0.4) is 0 Å². The first-order valence-corrected chi connectivity index (χ1v) is 27.7. The number of carbonyl (C=O) groups excluding carboxylic acids is 5. The Morgan fingerprint density at radius 1 is 0.840 bits per heavy atom. The smallest absolute Gasteiger partial charge is 0.329 e. The van der Waals surface area contributed by atoms with E-state index in [1.165, 1.54) is 12.0 Å². The van der Waals surface area contributed by atoms with Crippen LogP contribution in [0.2, 0.25) is 0 Å². The van der Waals surface area contributed by atoms with Crippen LogP contribution in [0.25, 0.3) is 0 Å². The van der Waals surface area contributed by atoms with E-state index in [4.69, 9.17) is 42.6 Å². The third-order valence-electron chi connectivity index (χ3n) is 16.2. The molecule has 3 saturated heterocycles. The summed E-state index contributed by atoms with van der Waals surface area (Å²) in [7, 11) is 4.68. The zero-order chi connectivity index (χ0) is 54.8. The fourth-order valence-electron chi connectivity index (χ4n) is 11.3. The minimum absolute atomic E-state index is 0.00616. The lowest BCUT2D eigenvalue weighted by Crippen LogP contribution is -2.61. The number of rotatable bonds is 12. The SMILES string of the molecule is COCCO[C@@H]1CC[C@@H](C[C@@H](C)[C@@H]2CC(=O)[C@H](C)/C=C(\C)[C@@H](O)[C@@H](OC)C(=O)[C@H](C)C[C@H](C)/C=C/C=C/C=C(\C)C(OC[C@@H]3COCCO3)C[C@@H]3CC[C@@H](C)[C@@](O)(O3)C(=O)C(=O)N3CCCC[C@H]3C(=O)O2)C[C@H]1OC. The zero-order valence-electron chi connectivity index (χ0n) is 46.6. The molecule has 1 saturated carbocycles. The third-order valence-corrected chi connectivity index (χ3v) is 16.2. The quantitative estimate of drug-likeness (QED) is 0.0908. The van der Waals surface area contributed by atoms with Crippen molar-refractivity contribution < 1.29 is 76.8 Å². The maximum Gasteiger partial charge on any atom is 0.329 e. The summed E-state index contributed by atoms with van der Waals surface area (Å²) >= 11 is 0. The van der Waals surface area contributed by atoms with Gasteiger partial charge in [0.15, 0.2) is 5.78 Å². The highest BCUT2D eigenvalue weighted by Gasteiger charge is 2.53. The number of hydrogen-bond acceptors (Lipinski definition) is 16. The Balaban J connectivity index is 1.47. The number of ether oxygens (including phenoxy) is 9. The molecule has 2 bridgehead atoms. The first-order chi connectivity index (χ1) is 35.8. The number of aliphatic hydroxyl groups excluding tert-OH is 1. The van der Waals surface area contributed by atoms with Crippen molar-refractivity contribution in [1.29, 1.82) is 0 Å². The number of hydrogen-bond donors (Lipinski definition) is 2. The van der Waals surface area contributed by atoms with Crippen LogP contribution in [0.4, 0.5) is 0 Å². The molecule has 1 unspecified atom stereocenters. The Morgan fingerprint density at radius 2 is 1.61 bits per heavy atom. The van der Waals surface area contributed by atoms with E-state index in [1.807, 2.05) is 58.1 Å². The molecule has 17 nitrogen and oxygen atoms in total. The molecule has 0 aromatic heterocycles. The number of cyclic esters (lactones) is 1. The number of aliphatic hydroxyl groups is 2. The summed E-state index contributed by atoms with van der Waals surface area (Å²) in [6, 6.07) is -1.16. The summed E-state index contributed by atoms with van der Waals surface area (Å²) in [4.78, 5) is 73.0. The monoisotopic (exact) mass is 1060 g/mol. The van der Waals surface area contributed by atoms with E-state index in [0.717, 1.165) is 18.4 Å². The summed E-state index contributed by atoms with van der Waals surface area (Å²) in [5.41, 5.74) is 1.24. The molecular formula is C58H91NO16. The number of methoxy groups -OCH3 is 3. The molecular weight excluding hydrogens is 967 g/mol. The van der Waals surface area contributed by atoms with E-state index in [2.05, 4.69) is 0 Å². The van der Waals surface area contributed by atoms with Crippen LogP contribution in [0, 0.1) is 35.5 Å². The Labute approximate surface area is 446 Å². The minimum atomic E-state index is -2.48. The number of carbonyl (C=O) groups is 5. The van der Waals surface area contributed by atoms with E-state index in [1.54, 1.807) is 41.1 Å². The highest BCUT2D eigenvalue weighted by molar-refractivity contribution is 6.39. The van der Waals surface area contributed by atoms with Crippen molar-refractivity contribution >= 4 is 29.2 Å². The lowest BCUT2D eigenvalue weighted by atomic mass is 9.78.